The maximum Gasteiger partial charge on any atom is 0.217 e. The highest BCUT2D eigenvalue weighted by atomic mass is 32.2. The van der Waals surface area contributed by atoms with E-state index in [9.17, 15) is 4.79 Å². The number of aryl methyl sites for hydroxylation is 3. The van der Waals surface area contributed by atoms with Gasteiger partial charge in [0.2, 0.25) is 5.91 Å². The molecule has 1 amide bonds. The summed E-state index contributed by atoms with van der Waals surface area (Å²) in [6.07, 6.45) is 0.807. The molecule has 1 aromatic carbocycles. The molecule has 0 saturated carbocycles. The normalized spacial score (nSPS) is 11.3. The predicted molar refractivity (Wildman–Crippen MR) is 115 cm³/mol. The van der Waals surface area contributed by atoms with Crippen LogP contribution in [0.2, 0.25) is 0 Å². The number of hydrogen-bond acceptors (Lipinski definition) is 5. The smallest absolute Gasteiger partial charge is 0.217 e. The van der Waals surface area contributed by atoms with Gasteiger partial charge in [0.15, 0.2) is 5.16 Å². The van der Waals surface area contributed by atoms with Gasteiger partial charge in [-0.1, -0.05) is 37.7 Å². The van der Waals surface area contributed by atoms with Gasteiger partial charge in [0.25, 0.3) is 0 Å². The maximum atomic E-state index is 11.1. The number of carbonyl (C=O) groups is 1. The van der Waals surface area contributed by atoms with Crippen molar-refractivity contribution in [2.24, 2.45) is 11.7 Å². The summed E-state index contributed by atoms with van der Waals surface area (Å²) in [5, 5.41) is 14.1. The topological polar surface area (TPSA) is 91.6 Å². The third kappa shape index (κ3) is 5.47. The molecule has 3 rings (SSSR count). The molecule has 0 atom stereocenters. The molecule has 7 nitrogen and oxygen atoms in total. The molecule has 0 unspecified atom stereocenters. The molecule has 2 heterocycles. The zero-order valence-corrected chi connectivity index (χ0v) is 18.2. The first-order valence-corrected chi connectivity index (χ1v) is 10.8. The quantitative estimate of drug-likeness (QED) is 0.544. The summed E-state index contributed by atoms with van der Waals surface area (Å²) in [5.74, 6) is 1.75. The fourth-order valence-electron chi connectivity index (χ4n) is 3.17. The average molecular weight is 413 g/mol. The van der Waals surface area contributed by atoms with E-state index in [1.807, 2.05) is 11.6 Å². The predicted octanol–water partition coefficient (Wildman–Crippen LogP) is 3.45. The molecule has 0 fully saturated rings. The monoisotopic (exact) mass is 412 g/mol. The molecule has 0 aliphatic heterocycles. The lowest BCUT2D eigenvalue weighted by atomic mass is 10.2. The Labute approximate surface area is 175 Å². The van der Waals surface area contributed by atoms with Crippen LogP contribution in [-0.2, 0) is 23.5 Å². The van der Waals surface area contributed by atoms with E-state index in [1.54, 1.807) is 11.8 Å². The van der Waals surface area contributed by atoms with Crippen LogP contribution >= 0.6 is 11.8 Å². The summed E-state index contributed by atoms with van der Waals surface area (Å²) >= 11 is 1.66. The second-order valence-electron chi connectivity index (χ2n) is 7.66. The highest BCUT2D eigenvalue weighted by molar-refractivity contribution is 7.98. The number of nitrogens with zero attached hydrogens (tertiary/aromatic N) is 5. The first-order chi connectivity index (χ1) is 13.8. The Morgan fingerprint density at radius 3 is 2.48 bits per heavy atom. The standard InChI is InChI=1S/C21H28N6OS/c1-14(2)12-26-20(10-9-19(22)28)23-24-21(26)29-13-17-5-7-18(8-6-17)27-16(4)11-15(3)25-27/h5-8,11,14H,9-10,12-13H2,1-4H3,(H2,22,28). The Hall–Kier alpha value is -2.61. The molecule has 3 aromatic rings. The van der Waals surface area contributed by atoms with Crippen molar-refractivity contribution >= 4 is 17.7 Å². The van der Waals surface area contributed by atoms with Gasteiger partial charge in [-0.25, -0.2) is 4.68 Å². The lowest BCUT2D eigenvalue weighted by Crippen LogP contribution is -2.15. The van der Waals surface area contributed by atoms with Crippen LogP contribution in [0.25, 0.3) is 5.69 Å². The lowest BCUT2D eigenvalue weighted by Gasteiger charge is -2.12. The number of thioether (sulfide) groups is 1. The Kier molecular flexibility index (Phi) is 6.74. The van der Waals surface area contributed by atoms with Crippen molar-refractivity contribution in [2.75, 3.05) is 0 Å². The zero-order valence-electron chi connectivity index (χ0n) is 17.4. The van der Waals surface area contributed by atoms with Crippen molar-refractivity contribution in [1.29, 1.82) is 0 Å². The van der Waals surface area contributed by atoms with Crippen molar-refractivity contribution in [1.82, 2.24) is 24.5 Å². The first kappa shape index (κ1) is 21.1. The van der Waals surface area contributed by atoms with Gasteiger partial charge in [-0.2, -0.15) is 5.10 Å². The highest BCUT2D eigenvalue weighted by Gasteiger charge is 2.15. The van der Waals surface area contributed by atoms with E-state index in [0.717, 1.165) is 40.4 Å². The number of rotatable bonds is 9. The van der Waals surface area contributed by atoms with Gasteiger partial charge in [-0.3, -0.25) is 4.79 Å². The highest BCUT2D eigenvalue weighted by Crippen LogP contribution is 2.24. The Balaban J connectivity index is 1.70. The number of hydrogen-bond donors (Lipinski definition) is 1. The van der Waals surface area contributed by atoms with Crippen LogP contribution in [0.5, 0.6) is 0 Å². The first-order valence-electron chi connectivity index (χ1n) is 9.79. The number of aromatic nitrogens is 5. The summed E-state index contributed by atoms with van der Waals surface area (Å²) in [7, 11) is 0. The van der Waals surface area contributed by atoms with Crippen LogP contribution in [0, 0.1) is 19.8 Å². The number of primary amides is 1. The zero-order chi connectivity index (χ0) is 21.0. The minimum absolute atomic E-state index is 0.286. The molecule has 0 bridgehead atoms. The van der Waals surface area contributed by atoms with Gasteiger partial charge in [-0.05, 0) is 43.5 Å². The van der Waals surface area contributed by atoms with Gasteiger partial charge < -0.3 is 10.3 Å². The molecular weight excluding hydrogens is 384 g/mol. The van der Waals surface area contributed by atoms with E-state index in [1.165, 1.54) is 5.56 Å². The average Bonchev–Trinajstić information content (AvgIpc) is 3.20. The molecule has 0 saturated heterocycles. The fraction of sp³-hybridized carbons (Fsp3) is 0.429. The van der Waals surface area contributed by atoms with Gasteiger partial charge in [0.05, 0.1) is 11.4 Å². The number of amides is 1. The van der Waals surface area contributed by atoms with Crippen molar-refractivity contribution < 1.29 is 4.79 Å². The van der Waals surface area contributed by atoms with Crippen molar-refractivity contribution in [3.05, 3.63) is 53.1 Å². The second-order valence-corrected chi connectivity index (χ2v) is 8.61. The van der Waals surface area contributed by atoms with Crippen molar-refractivity contribution in [2.45, 2.75) is 58.0 Å². The molecule has 0 radical (unpaired) electrons. The van der Waals surface area contributed by atoms with Crippen LogP contribution in [0.15, 0.2) is 35.5 Å². The lowest BCUT2D eigenvalue weighted by molar-refractivity contribution is -0.118. The van der Waals surface area contributed by atoms with Gasteiger partial charge in [0, 0.05) is 30.8 Å². The maximum absolute atomic E-state index is 11.1. The van der Waals surface area contributed by atoms with Crippen LogP contribution in [0.4, 0.5) is 0 Å². The minimum Gasteiger partial charge on any atom is -0.370 e. The van der Waals surface area contributed by atoms with Crippen LogP contribution in [-0.4, -0.2) is 30.5 Å². The summed E-state index contributed by atoms with van der Waals surface area (Å²) in [6, 6.07) is 10.5. The fourth-order valence-corrected chi connectivity index (χ4v) is 4.09. The summed E-state index contributed by atoms with van der Waals surface area (Å²) in [5.41, 5.74) is 9.69. The Morgan fingerprint density at radius 2 is 1.90 bits per heavy atom. The van der Waals surface area contributed by atoms with Crippen molar-refractivity contribution in [3.8, 4) is 5.69 Å². The van der Waals surface area contributed by atoms with E-state index in [0.29, 0.717) is 12.3 Å². The van der Waals surface area contributed by atoms with E-state index >= 15 is 0 Å². The molecular formula is C21H28N6OS. The SMILES string of the molecule is Cc1cc(C)n(-c2ccc(CSc3nnc(CCC(N)=O)n3CC(C)C)cc2)n1. The van der Waals surface area contributed by atoms with Gasteiger partial charge in [0.1, 0.15) is 5.82 Å². The molecule has 154 valence electrons. The molecule has 2 aromatic heterocycles. The second kappa shape index (κ2) is 9.26. The summed E-state index contributed by atoms with van der Waals surface area (Å²) < 4.78 is 4.07. The molecule has 2 N–H and O–H groups in total. The van der Waals surface area contributed by atoms with Crippen LogP contribution in [0.1, 0.15) is 43.0 Å². The van der Waals surface area contributed by atoms with E-state index in [-0.39, 0.29) is 12.3 Å². The number of benzene rings is 1. The summed E-state index contributed by atoms with van der Waals surface area (Å²) in [6.45, 7) is 9.19. The molecule has 8 heteroatoms. The van der Waals surface area contributed by atoms with E-state index < -0.39 is 0 Å². The van der Waals surface area contributed by atoms with Crippen molar-refractivity contribution in [3.63, 3.8) is 0 Å². The van der Waals surface area contributed by atoms with E-state index in [2.05, 4.69) is 71.0 Å². The summed E-state index contributed by atoms with van der Waals surface area (Å²) in [4.78, 5) is 11.1. The largest absolute Gasteiger partial charge is 0.370 e. The van der Waals surface area contributed by atoms with Gasteiger partial charge >= 0.3 is 0 Å². The van der Waals surface area contributed by atoms with Crippen LogP contribution in [0.3, 0.4) is 0 Å². The Morgan fingerprint density at radius 1 is 1.17 bits per heavy atom. The van der Waals surface area contributed by atoms with E-state index in [4.69, 9.17) is 5.73 Å². The van der Waals surface area contributed by atoms with Crippen LogP contribution < -0.4 is 5.73 Å². The Bertz CT molecular complexity index is 974. The minimum atomic E-state index is -0.319. The molecule has 0 aliphatic carbocycles. The third-order valence-corrected chi connectivity index (χ3v) is 5.53. The molecule has 29 heavy (non-hydrogen) atoms. The third-order valence-electron chi connectivity index (χ3n) is 4.49. The number of nitrogens with two attached hydrogens (primary N) is 1. The van der Waals surface area contributed by atoms with Gasteiger partial charge in [-0.15, -0.1) is 10.2 Å². The molecule has 0 spiro atoms. The molecule has 0 aliphatic rings. The number of carbonyl (C=O) groups excluding carboxylic acids is 1.